The molecular formula is C40H28N5Pt-3. The summed E-state index contributed by atoms with van der Waals surface area (Å²) in [5.41, 5.74) is 11.8. The summed E-state index contributed by atoms with van der Waals surface area (Å²) in [5, 5.41) is 2.33. The molecule has 0 saturated carbocycles. The van der Waals surface area contributed by atoms with Gasteiger partial charge in [0, 0.05) is 45.0 Å². The Bertz CT molecular complexity index is 2410. The van der Waals surface area contributed by atoms with E-state index in [0.29, 0.717) is 0 Å². The van der Waals surface area contributed by atoms with Crippen molar-refractivity contribution in [1.82, 2.24) is 14.1 Å². The summed E-state index contributed by atoms with van der Waals surface area (Å²) < 4.78 is 4.45. The van der Waals surface area contributed by atoms with E-state index in [2.05, 4.69) is 173 Å². The predicted molar refractivity (Wildman–Crippen MR) is 185 cm³/mol. The molecule has 2 aromatic heterocycles. The van der Waals surface area contributed by atoms with Crippen LogP contribution < -0.4 is 9.80 Å². The van der Waals surface area contributed by atoms with Crippen LogP contribution in [-0.2, 0) is 28.1 Å². The SMILES string of the molecule is CN1[CH-]N(c2[c-]c(-n3c4[c-]c(-c5nc6ccc(-c7ccccc7)cc6n5C)ccc4c4ccccc43)ccc2)c2ccccc21.[Pt]. The van der Waals surface area contributed by atoms with Gasteiger partial charge in [0.2, 0.25) is 0 Å². The van der Waals surface area contributed by atoms with E-state index in [4.69, 9.17) is 4.98 Å². The van der Waals surface area contributed by atoms with Gasteiger partial charge in [-0.3, -0.25) is 4.98 Å². The Morgan fingerprint density at radius 3 is 2.24 bits per heavy atom. The second-order valence-electron chi connectivity index (χ2n) is 11.6. The normalized spacial score (nSPS) is 12.7. The number of nitrogens with zero attached hydrogens (tertiary/aromatic N) is 5. The Labute approximate surface area is 282 Å². The molecule has 46 heavy (non-hydrogen) atoms. The smallest absolute Gasteiger partial charge is 0.0771 e. The van der Waals surface area contributed by atoms with Gasteiger partial charge in [0.05, 0.1) is 16.9 Å². The number of benzene rings is 6. The molecule has 3 heterocycles. The number of para-hydroxylation sites is 3. The number of aromatic nitrogens is 3. The quantitative estimate of drug-likeness (QED) is 0.167. The summed E-state index contributed by atoms with van der Waals surface area (Å²) in [6.45, 7) is 2.12. The third-order valence-electron chi connectivity index (χ3n) is 8.89. The molecule has 0 unspecified atom stereocenters. The molecule has 0 amide bonds. The first kappa shape index (κ1) is 28.4. The van der Waals surface area contributed by atoms with Crippen LogP contribution in [0.2, 0.25) is 0 Å². The molecule has 0 spiro atoms. The molecule has 0 saturated heterocycles. The molecule has 0 N–H and O–H groups in total. The van der Waals surface area contributed by atoms with E-state index in [1.165, 1.54) is 22.2 Å². The second kappa shape index (κ2) is 11.0. The van der Waals surface area contributed by atoms with Gasteiger partial charge < -0.3 is 18.9 Å². The summed E-state index contributed by atoms with van der Waals surface area (Å²) in [4.78, 5) is 9.42. The van der Waals surface area contributed by atoms with Gasteiger partial charge in [0.1, 0.15) is 0 Å². The number of hydrogen-bond acceptors (Lipinski definition) is 3. The summed E-state index contributed by atoms with van der Waals surface area (Å²) in [7, 11) is 4.17. The molecule has 9 rings (SSSR count). The topological polar surface area (TPSA) is 29.2 Å². The van der Waals surface area contributed by atoms with Crippen molar-refractivity contribution in [1.29, 1.82) is 0 Å². The molecule has 226 valence electrons. The van der Waals surface area contributed by atoms with E-state index in [-0.39, 0.29) is 21.1 Å². The molecule has 5 nitrogen and oxygen atoms in total. The zero-order valence-corrected chi connectivity index (χ0v) is 27.5. The molecular weight excluding hydrogens is 746 g/mol. The monoisotopic (exact) mass is 773 g/mol. The number of rotatable bonds is 4. The van der Waals surface area contributed by atoms with E-state index in [1.54, 1.807) is 0 Å². The Morgan fingerprint density at radius 2 is 1.37 bits per heavy atom. The minimum absolute atomic E-state index is 0. The Kier molecular flexibility index (Phi) is 6.81. The van der Waals surface area contributed by atoms with Crippen molar-refractivity contribution in [3.05, 3.63) is 146 Å². The van der Waals surface area contributed by atoms with Gasteiger partial charge in [-0.25, -0.2) is 0 Å². The molecule has 0 atom stereocenters. The summed E-state index contributed by atoms with van der Waals surface area (Å²) >= 11 is 0. The first-order valence-corrected chi connectivity index (χ1v) is 15.1. The first-order valence-electron chi connectivity index (χ1n) is 15.1. The Hall–Kier alpha value is -5.12. The van der Waals surface area contributed by atoms with Crippen molar-refractivity contribution in [3.63, 3.8) is 0 Å². The maximum absolute atomic E-state index is 5.07. The van der Waals surface area contributed by atoms with E-state index in [1.807, 2.05) is 6.07 Å². The Balaban J connectivity index is 0.00000312. The zero-order valence-electron chi connectivity index (χ0n) is 25.3. The summed E-state index contributed by atoms with van der Waals surface area (Å²) in [6, 6.07) is 52.2. The number of aryl methyl sites for hydroxylation is 1. The van der Waals surface area contributed by atoms with Gasteiger partial charge >= 0.3 is 0 Å². The van der Waals surface area contributed by atoms with Gasteiger partial charge in [-0.15, -0.1) is 47.6 Å². The van der Waals surface area contributed by atoms with Gasteiger partial charge in [-0.2, -0.15) is 12.7 Å². The van der Waals surface area contributed by atoms with Crippen molar-refractivity contribution in [2.75, 3.05) is 16.8 Å². The Morgan fingerprint density at radius 1 is 0.609 bits per heavy atom. The largest absolute Gasteiger partial charge is 0.504 e. The van der Waals surface area contributed by atoms with Crippen molar-refractivity contribution in [2.24, 2.45) is 7.05 Å². The van der Waals surface area contributed by atoms with Crippen molar-refractivity contribution in [2.45, 2.75) is 0 Å². The van der Waals surface area contributed by atoms with Crippen molar-refractivity contribution < 1.29 is 21.1 Å². The number of imidazole rings is 1. The van der Waals surface area contributed by atoms with Crippen molar-refractivity contribution >= 4 is 49.9 Å². The van der Waals surface area contributed by atoms with E-state index < -0.39 is 0 Å². The maximum Gasteiger partial charge on any atom is 0.0771 e. The fourth-order valence-corrected chi connectivity index (χ4v) is 6.69. The minimum Gasteiger partial charge on any atom is -0.504 e. The molecule has 0 bridgehead atoms. The van der Waals surface area contributed by atoms with E-state index >= 15 is 0 Å². The van der Waals surface area contributed by atoms with E-state index in [9.17, 15) is 0 Å². The van der Waals surface area contributed by atoms with Gasteiger partial charge in [0.25, 0.3) is 0 Å². The molecule has 0 radical (unpaired) electrons. The zero-order chi connectivity index (χ0) is 30.1. The van der Waals surface area contributed by atoms with E-state index in [0.717, 1.165) is 55.9 Å². The molecule has 6 aromatic carbocycles. The number of anilines is 3. The molecule has 6 heteroatoms. The standard InChI is InChI=1S/C40H28N5.Pt/c1-42-26-44(37-18-9-8-17-36(37)42)30-13-10-14-31(25-30)45-35-16-7-6-15-32(35)33-21-19-29(24-38(33)45)40-41-34-22-20-28(23-39(34)43(40)2)27-11-4-3-5-12-27;/h3-23,26H,1-2H3;/q-3;. The van der Waals surface area contributed by atoms with Crippen LogP contribution in [0.25, 0.3) is 61.0 Å². The van der Waals surface area contributed by atoms with Crippen LogP contribution in [-0.4, -0.2) is 21.2 Å². The summed E-state index contributed by atoms with van der Waals surface area (Å²) in [6.07, 6.45) is 0. The van der Waals surface area contributed by atoms with Crippen LogP contribution in [0.4, 0.5) is 17.1 Å². The summed E-state index contributed by atoms with van der Waals surface area (Å²) in [5.74, 6) is 0.887. The minimum atomic E-state index is 0. The third-order valence-corrected chi connectivity index (χ3v) is 8.89. The number of hydrogen-bond donors (Lipinski definition) is 0. The fourth-order valence-electron chi connectivity index (χ4n) is 6.69. The fraction of sp³-hybridized carbons (Fsp3) is 0.0500. The van der Waals surface area contributed by atoms with Crippen LogP contribution in [0, 0.1) is 18.8 Å². The van der Waals surface area contributed by atoms with Crippen molar-refractivity contribution in [3.8, 4) is 28.2 Å². The molecule has 0 aliphatic carbocycles. The van der Waals surface area contributed by atoms with Crippen LogP contribution >= 0.6 is 0 Å². The van der Waals surface area contributed by atoms with Crippen LogP contribution in [0.15, 0.2) is 127 Å². The van der Waals surface area contributed by atoms with Gasteiger partial charge in [-0.05, 0) is 59.4 Å². The molecule has 1 aliphatic rings. The third kappa shape index (κ3) is 4.38. The number of fused-ring (bicyclic) bond motifs is 5. The van der Waals surface area contributed by atoms with Gasteiger partial charge in [-0.1, -0.05) is 77.8 Å². The molecule has 1 aliphatic heterocycles. The molecule has 0 fully saturated rings. The predicted octanol–water partition coefficient (Wildman–Crippen LogP) is 9.31. The van der Waals surface area contributed by atoms with Crippen LogP contribution in [0.1, 0.15) is 0 Å². The maximum atomic E-state index is 5.07. The van der Waals surface area contributed by atoms with Crippen LogP contribution in [0.3, 0.4) is 0 Å². The average Bonchev–Trinajstić information content (AvgIpc) is 3.73. The first-order chi connectivity index (χ1) is 22.1. The van der Waals surface area contributed by atoms with Gasteiger partial charge in [0.15, 0.2) is 0 Å². The molecule has 8 aromatic rings. The average molecular weight is 774 g/mol. The van der Waals surface area contributed by atoms with Crippen LogP contribution in [0.5, 0.6) is 0 Å². The second-order valence-corrected chi connectivity index (χ2v) is 11.6.